The van der Waals surface area contributed by atoms with Gasteiger partial charge in [-0.15, -0.1) is 0 Å². The molecule has 0 fully saturated rings. The van der Waals surface area contributed by atoms with Crippen molar-refractivity contribution in [2.24, 2.45) is 0 Å². The lowest BCUT2D eigenvalue weighted by atomic mass is 9.87. The fraction of sp³-hybridized carbons (Fsp3) is 0. The Kier molecular flexibility index (Phi) is 11.0. The summed E-state index contributed by atoms with van der Waals surface area (Å²) in [6.07, 6.45) is 12.8. The van der Waals surface area contributed by atoms with Crippen LogP contribution in [0.4, 0.5) is 0 Å². The van der Waals surface area contributed by atoms with E-state index in [-0.39, 0.29) is 11.6 Å². The molecule has 0 saturated carbocycles. The zero-order valence-corrected chi connectivity index (χ0v) is 37.4. The highest BCUT2D eigenvalue weighted by molar-refractivity contribution is 14.1. The first-order valence-electron chi connectivity index (χ1n) is 19.0. The minimum Gasteiger partial charge on any atom is -0.288 e. The summed E-state index contributed by atoms with van der Waals surface area (Å²) < 4.78 is 0.893. The highest BCUT2D eigenvalue weighted by Gasteiger charge is 2.38. The number of hydrogen-bond acceptors (Lipinski definition) is 2. The van der Waals surface area contributed by atoms with E-state index >= 15 is 4.79 Å². The Labute approximate surface area is 367 Å². The molecule has 9 rings (SSSR count). The Morgan fingerprint density at radius 3 is 0.793 bits per heavy atom. The monoisotopic (exact) mass is 1010 g/mol. The number of allylic oxidation sites excluding steroid dienone is 12. The molecule has 6 aromatic rings. The molecular weight excluding hydrogens is 972 g/mol. The number of rotatable bonds is 8. The number of ketones is 2. The zero-order chi connectivity index (χ0) is 39.7. The van der Waals surface area contributed by atoms with Crippen molar-refractivity contribution in [3.63, 3.8) is 0 Å². The lowest BCUT2D eigenvalue weighted by molar-refractivity contribution is -0.115. The highest BCUT2D eigenvalue weighted by Crippen LogP contribution is 2.51. The second-order valence-corrected chi connectivity index (χ2v) is 23.1. The number of hydrogen-bond donors (Lipinski definition) is 0. The van der Waals surface area contributed by atoms with Gasteiger partial charge >= 0.3 is 0 Å². The third-order valence-electron chi connectivity index (χ3n) is 11.0. The Balaban J connectivity index is 1.24. The summed E-state index contributed by atoms with van der Waals surface area (Å²) in [6.45, 7) is -4.82. The lowest BCUT2D eigenvalue weighted by Gasteiger charge is -2.31. The van der Waals surface area contributed by atoms with E-state index in [0.29, 0.717) is 18.3 Å². The van der Waals surface area contributed by atoms with Crippen LogP contribution in [-0.4, -0.2) is 22.2 Å². The molecule has 0 saturated heterocycles. The van der Waals surface area contributed by atoms with Crippen LogP contribution in [0.2, 0.25) is 0 Å². The molecule has 6 heteroatoms. The van der Waals surface area contributed by atoms with Crippen LogP contribution in [0.5, 0.6) is 0 Å². The number of halogens is 2. The average molecular weight is 1010 g/mol. The van der Waals surface area contributed by atoms with Crippen molar-refractivity contribution in [3.8, 4) is 0 Å². The van der Waals surface area contributed by atoms with Crippen molar-refractivity contribution >= 4 is 113 Å². The molecule has 3 aliphatic rings. The summed E-state index contributed by atoms with van der Waals surface area (Å²) in [5.41, 5.74) is 2.44. The van der Waals surface area contributed by atoms with E-state index in [4.69, 9.17) is 0 Å². The maximum atomic E-state index is 15.2. The summed E-state index contributed by atoms with van der Waals surface area (Å²) in [5, 5.41) is 9.60. The van der Waals surface area contributed by atoms with Crippen molar-refractivity contribution < 1.29 is 9.59 Å². The standard InChI is InChI=1S/C52H36I2O2P2/c53-49-47(37-31-33-45(35-37)57(39-19-7-1-8-20-39,40-21-9-2-10-22-40)41-23-11-3-12-24-41)51(55)48(50(54)52(49)56)38-32-34-46(36-38)58(42-25-13-4-14-26-42,43-27-15-5-16-28-43)44-29-17-6-18-30-44/h1-36H. The summed E-state index contributed by atoms with van der Waals surface area (Å²) in [6, 6.07) is 64.2. The molecule has 0 heterocycles. The molecule has 0 N–H and O–H groups in total. The van der Waals surface area contributed by atoms with Gasteiger partial charge in [-0.2, -0.15) is 0 Å². The lowest BCUT2D eigenvalue weighted by Crippen LogP contribution is -2.29. The van der Waals surface area contributed by atoms with Gasteiger partial charge in [-0.1, -0.05) is 206 Å². The fourth-order valence-corrected chi connectivity index (χ4v) is 19.2. The molecule has 0 atom stereocenters. The van der Waals surface area contributed by atoms with Gasteiger partial charge in [0, 0.05) is 11.1 Å². The van der Waals surface area contributed by atoms with Crippen molar-refractivity contribution in [1.82, 2.24) is 0 Å². The minimum atomic E-state index is -2.41. The first-order valence-corrected chi connectivity index (χ1v) is 24.8. The second kappa shape index (κ2) is 16.4. The van der Waals surface area contributed by atoms with Crippen LogP contribution in [0.1, 0.15) is 0 Å². The first kappa shape index (κ1) is 38.7. The molecule has 0 bridgehead atoms. The molecule has 58 heavy (non-hydrogen) atoms. The van der Waals surface area contributed by atoms with Gasteiger partial charge in [0.1, 0.15) is 0 Å². The first-order chi connectivity index (χ1) is 28.5. The maximum Gasteiger partial charge on any atom is 0.206 e. The van der Waals surface area contributed by atoms with Crippen molar-refractivity contribution in [2.45, 2.75) is 0 Å². The number of carbonyl (C=O) groups is 2. The minimum absolute atomic E-state index is 0.123. The number of benzene rings is 6. The van der Waals surface area contributed by atoms with Crippen LogP contribution in [0.15, 0.2) is 248 Å². The van der Waals surface area contributed by atoms with E-state index in [0.717, 1.165) is 21.7 Å². The van der Waals surface area contributed by atoms with Crippen LogP contribution in [-0.2, 0) is 9.59 Å². The Bertz CT molecular complexity index is 2500. The molecule has 0 radical (unpaired) electrons. The van der Waals surface area contributed by atoms with E-state index in [1.165, 1.54) is 31.8 Å². The van der Waals surface area contributed by atoms with E-state index in [1.807, 2.05) is 12.2 Å². The van der Waals surface area contributed by atoms with Crippen LogP contribution in [0, 0.1) is 0 Å². The van der Waals surface area contributed by atoms with E-state index in [9.17, 15) is 4.79 Å². The van der Waals surface area contributed by atoms with Crippen LogP contribution < -0.4 is 31.8 Å². The molecule has 6 aromatic carbocycles. The zero-order valence-electron chi connectivity index (χ0n) is 31.3. The van der Waals surface area contributed by atoms with Gasteiger partial charge in [0.05, 0.1) is 7.16 Å². The maximum absolute atomic E-state index is 15.2. The molecule has 280 valence electrons. The molecular formula is C52H36I2O2P2. The summed E-state index contributed by atoms with van der Waals surface area (Å²) in [5.74, 6) is -0.254. The second-order valence-electron chi connectivity index (χ2n) is 14.1. The van der Waals surface area contributed by atoms with Gasteiger partial charge in [-0.3, -0.25) is 9.59 Å². The van der Waals surface area contributed by atoms with Gasteiger partial charge in [0.2, 0.25) is 5.78 Å². The highest BCUT2D eigenvalue weighted by atomic mass is 127. The summed E-state index contributed by atoms with van der Waals surface area (Å²) >= 11 is 4.20. The normalized spacial score (nSPS) is 15.7. The van der Waals surface area contributed by atoms with E-state index < -0.39 is 13.8 Å². The Morgan fingerprint density at radius 2 is 0.552 bits per heavy atom. The third kappa shape index (κ3) is 6.46. The summed E-state index contributed by atoms with van der Waals surface area (Å²) in [4.78, 5) is 29.5. The number of Topliss-reactive ketones (excluding diaryl/α,β-unsaturated/α-hetero) is 2. The van der Waals surface area contributed by atoms with Crippen LogP contribution >= 0.6 is 59.0 Å². The van der Waals surface area contributed by atoms with Crippen molar-refractivity contribution in [2.75, 3.05) is 0 Å². The molecule has 0 amide bonds. The van der Waals surface area contributed by atoms with E-state index in [2.05, 4.69) is 251 Å². The Hall–Kier alpha value is -4.84. The topological polar surface area (TPSA) is 34.1 Å². The average Bonchev–Trinajstić information content (AvgIpc) is 3.98. The SMILES string of the molecule is O=C1C(I)=C(C2=CC(=P(c3ccccc3)(c3ccccc3)c3ccccc3)C=C2)C(=O)C(C2=CC(=P(c3ccccc3)(c3ccccc3)c3ccccc3)C=C2)=C1I. The van der Waals surface area contributed by atoms with Gasteiger partial charge < -0.3 is 0 Å². The predicted molar refractivity (Wildman–Crippen MR) is 267 cm³/mol. The largest absolute Gasteiger partial charge is 0.288 e. The van der Waals surface area contributed by atoms with Gasteiger partial charge in [-0.25, -0.2) is 0 Å². The van der Waals surface area contributed by atoms with Gasteiger partial charge in [0.15, 0.2) is 5.78 Å². The number of carbonyl (C=O) groups excluding carboxylic acids is 2. The molecule has 0 aromatic heterocycles. The quantitative estimate of drug-likeness (QED) is 0.0866. The van der Waals surface area contributed by atoms with Crippen molar-refractivity contribution in [3.05, 3.63) is 248 Å². The third-order valence-corrected chi connectivity index (χ3v) is 21.6. The summed E-state index contributed by atoms with van der Waals surface area (Å²) in [7, 11) is 0. The smallest absolute Gasteiger partial charge is 0.206 e. The van der Waals surface area contributed by atoms with E-state index in [1.54, 1.807) is 0 Å². The van der Waals surface area contributed by atoms with Gasteiger partial charge in [0.25, 0.3) is 0 Å². The predicted octanol–water partition coefficient (Wildman–Crippen LogP) is 9.84. The fourth-order valence-electron chi connectivity index (χ4n) is 8.45. The molecule has 0 unspecified atom stereocenters. The molecule has 3 aliphatic carbocycles. The molecule has 0 aliphatic heterocycles. The Morgan fingerprint density at radius 1 is 0.310 bits per heavy atom. The van der Waals surface area contributed by atoms with Crippen LogP contribution in [0.3, 0.4) is 0 Å². The molecule has 0 spiro atoms. The van der Waals surface area contributed by atoms with Crippen LogP contribution in [0.25, 0.3) is 0 Å². The van der Waals surface area contributed by atoms with Crippen molar-refractivity contribution in [1.29, 1.82) is 0 Å². The molecule has 2 nitrogen and oxygen atoms in total. The van der Waals surface area contributed by atoms with Gasteiger partial charge in [-0.05, 0) is 125 Å².